The van der Waals surface area contributed by atoms with Gasteiger partial charge in [0.25, 0.3) is 0 Å². The summed E-state index contributed by atoms with van der Waals surface area (Å²) >= 11 is 0. The van der Waals surface area contributed by atoms with Crippen molar-refractivity contribution in [1.29, 1.82) is 0 Å². The minimum absolute atomic E-state index is 0.429. The molecule has 0 N–H and O–H groups in total. The first-order valence-corrected chi connectivity index (χ1v) is 6.86. The molecule has 0 aromatic heterocycles. The largest absolute Gasteiger partial charge is 0.514 e. The summed E-state index contributed by atoms with van der Waals surface area (Å²) < 4.78 is 10.8. The van der Waals surface area contributed by atoms with E-state index in [0.717, 1.165) is 32.7 Å². The number of carbonyl (C=O) groups excluding carboxylic acids is 1. The lowest BCUT2D eigenvalue weighted by Crippen LogP contribution is -2.34. The lowest BCUT2D eigenvalue weighted by atomic mass is 9.87. The molecule has 3 heteroatoms. The summed E-state index contributed by atoms with van der Waals surface area (Å²) in [6, 6.07) is 12.2. The Labute approximate surface area is 120 Å². The number of ether oxygens (including phenoxy) is 2. The second-order valence-corrected chi connectivity index (χ2v) is 5.32. The van der Waals surface area contributed by atoms with Crippen LogP contribution in [0, 0.1) is 0 Å². The summed E-state index contributed by atoms with van der Waals surface area (Å²) in [5.41, 5.74) is 4.32. The van der Waals surface area contributed by atoms with Crippen molar-refractivity contribution < 1.29 is 14.3 Å². The van der Waals surface area contributed by atoms with E-state index in [-0.39, 0.29) is 0 Å². The number of benzene rings is 2. The van der Waals surface area contributed by atoms with Gasteiger partial charge in [-0.2, -0.15) is 0 Å². The van der Waals surface area contributed by atoms with Gasteiger partial charge in [-0.15, -0.1) is 0 Å². The van der Waals surface area contributed by atoms with Gasteiger partial charge in [0.1, 0.15) is 0 Å². The SMILES string of the molecule is O=C1OC2=c3c(ccc4c3=CC=C4)-c3ccccc3C2O1. The Morgan fingerprint density at radius 2 is 1.90 bits per heavy atom. The average Bonchev–Trinajstić information content (AvgIpc) is 3.12. The van der Waals surface area contributed by atoms with Crippen LogP contribution in [-0.2, 0) is 9.47 Å². The van der Waals surface area contributed by atoms with Gasteiger partial charge in [0.2, 0.25) is 0 Å². The van der Waals surface area contributed by atoms with Crippen LogP contribution in [0.4, 0.5) is 4.79 Å². The van der Waals surface area contributed by atoms with Gasteiger partial charge in [-0.1, -0.05) is 54.6 Å². The summed E-state index contributed by atoms with van der Waals surface area (Å²) in [5.74, 6) is 0.616. The van der Waals surface area contributed by atoms with Crippen molar-refractivity contribution in [2.75, 3.05) is 0 Å². The van der Waals surface area contributed by atoms with E-state index in [4.69, 9.17) is 9.47 Å². The molecule has 3 nitrogen and oxygen atoms in total. The molecule has 0 saturated carbocycles. The Balaban J connectivity index is 2.01. The van der Waals surface area contributed by atoms with Gasteiger partial charge in [-0.05, 0) is 21.9 Å². The molecule has 1 fully saturated rings. The summed E-state index contributed by atoms with van der Waals surface area (Å²) in [6.07, 6.45) is 5.07. The van der Waals surface area contributed by atoms with Gasteiger partial charge in [0, 0.05) is 10.8 Å². The first-order valence-electron chi connectivity index (χ1n) is 6.86. The maximum absolute atomic E-state index is 11.6. The number of rotatable bonds is 0. The van der Waals surface area contributed by atoms with Crippen molar-refractivity contribution in [1.82, 2.24) is 0 Å². The lowest BCUT2D eigenvalue weighted by molar-refractivity contribution is 0.119. The Hall–Kier alpha value is -2.81. The predicted octanol–water partition coefficient (Wildman–Crippen LogP) is 2.49. The topological polar surface area (TPSA) is 35.5 Å². The molecule has 100 valence electrons. The highest BCUT2D eigenvalue weighted by molar-refractivity contribution is 5.85. The van der Waals surface area contributed by atoms with Crippen LogP contribution in [0.5, 0.6) is 0 Å². The first kappa shape index (κ1) is 10.9. The van der Waals surface area contributed by atoms with Crippen LogP contribution in [0.15, 0.2) is 42.5 Å². The maximum atomic E-state index is 11.6. The molecule has 0 bridgehead atoms. The van der Waals surface area contributed by atoms with E-state index in [1.54, 1.807) is 0 Å². The van der Waals surface area contributed by atoms with Crippen LogP contribution in [0.25, 0.3) is 29.0 Å². The van der Waals surface area contributed by atoms with E-state index in [1.807, 2.05) is 24.3 Å². The second kappa shape index (κ2) is 3.64. The molecule has 5 rings (SSSR count). The molecular weight excluding hydrogens is 264 g/mol. The second-order valence-electron chi connectivity index (χ2n) is 5.32. The van der Waals surface area contributed by atoms with Gasteiger partial charge < -0.3 is 9.47 Å². The van der Waals surface area contributed by atoms with Gasteiger partial charge in [0.15, 0.2) is 11.9 Å². The zero-order valence-electron chi connectivity index (χ0n) is 11.0. The van der Waals surface area contributed by atoms with E-state index in [1.165, 1.54) is 0 Å². The molecule has 1 unspecified atom stereocenters. The highest BCUT2D eigenvalue weighted by atomic mass is 16.8. The number of hydrogen-bond acceptors (Lipinski definition) is 3. The Morgan fingerprint density at radius 1 is 1.00 bits per heavy atom. The maximum Gasteiger partial charge on any atom is 0.514 e. The number of carbonyl (C=O) groups is 1. The number of hydrogen-bond donors (Lipinski definition) is 0. The van der Waals surface area contributed by atoms with Crippen LogP contribution in [0.1, 0.15) is 17.2 Å². The van der Waals surface area contributed by atoms with E-state index >= 15 is 0 Å². The van der Waals surface area contributed by atoms with Crippen LogP contribution < -0.4 is 10.4 Å². The van der Waals surface area contributed by atoms with Crippen molar-refractivity contribution in [3.63, 3.8) is 0 Å². The molecular formula is C18H10O3. The Kier molecular flexibility index (Phi) is 1.89. The van der Waals surface area contributed by atoms with E-state index in [0.29, 0.717) is 5.76 Å². The molecule has 2 aliphatic carbocycles. The third kappa shape index (κ3) is 1.30. The average molecular weight is 274 g/mol. The van der Waals surface area contributed by atoms with Gasteiger partial charge in [-0.25, -0.2) is 4.79 Å². The number of allylic oxidation sites excluding steroid dienone is 1. The summed E-state index contributed by atoms with van der Waals surface area (Å²) in [6.45, 7) is 0. The quantitative estimate of drug-likeness (QED) is 0.692. The zero-order chi connectivity index (χ0) is 14.0. The molecule has 1 aliphatic heterocycles. The monoisotopic (exact) mass is 274 g/mol. The summed E-state index contributed by atoms with van der Waals surface area (Å²) in [4.78, 5) is 11.6. The van der Waals surface area contributed by atoms with Gasteiger partial charge in [0.05, 0.1) is 0 Å². The van der Waals surface area contributed by atoms with Crippen molar-refractivity contribution in [3.05, 3.63) is 64.0 Å². The molecule has 2 aromatic carbocycles. The van der Waals surface area contributed by atoms with Crippen molar-refractivity contribution >= 4 is 24.1 Å². The summed E-state index contributed by atoms with van der Waals surface area (Å²) in [5, 5.41) is 2.08. The molecule has 21 heavy (non-hydrogen) atoms. The first-order chi connectivity index (χ1) is 10.3. The van der Waals surface area contributed by atoms with Crippen LogP contribution >= 0.6 is 0 Å². The standard InChI is InChI=1S/C18H10O3/c19-18-20-16-14-6-2-1-5-12(14)13-9-8-10-4-3-7-11(10)15(13)17(16)21-18/h1-9,16H. The smallest absolute Gasteiger partial charge is 0.417 e. The fraction of sp³-hybridized carbons (Fsp3) is 0.0556. The fourth-order valence-corrected chi connectivity index (χ4v) is 3.37. The van der Waals surface area contributed by atoms with Crippen molar-refractivity contribution in [2.45, 2.75) is 6.10 Å². The third-order valence-electron chi connectivity index (χ3n) is 4.24. The van der Waals surface area contributed by atoms with Crippen LogP contribution in [-0.4, -0.2) is 6.16 Å². The highest BCUT2D eigenvalue weighted by Gasteiger charge is 2.38. The molecule has 1 heterocycles. The third-order valence-corrected chi connectivity index (χ3v) is 4.24. The van der Waals surface area contributed by atoms with Gasteiger partial charge in [-0.3, -0.25) is 0 Å². The molecule has 1 atom stereocenters. The van der Waals surface area contributed by atoms with Gasteiger partial charge >= 0.3 is 6.16 Å². The number of fused-ring (bicyclic) bond motifs is 7. The van der Waals surface area contributed by atoms with Crippen molar-refractivity contribution in [2.24, 2.45) is 0 Å². The lowest BCUT2D eigenvalue weighted by Gasteiger charge is -2.20. The van der Waals surface area contributed by atoms with E-state index in [9.17, 15) is 4.79 Å². The molecule has 0 spiro atoms. The molecule has 1 saturated heterocycles. The summed E-state index contributed by atoms with van der Waals surface area (Å²) in [7, 11) is 0. The Morgan fingerprint density at radius 3 is 2.86 bits per heavy atom. The molecule has 3 aliphatic rings. The fourth-order valence-electron chi connectivity index (χ4n) is 3.37. The molecule has 0 amide bonds. The normalized spacial score (nSPS) is 19.9. The zero-order valence-corrected chi connectivity index (χ0v) is 11.0. The van der Waals surface area contributed by atoms with E-state index < -0.39 is 12.3 Å². The minimum Gasteiger partial charge on any atom is -0.417 e. The van der Waals surface area contributed by atoms with Crippen LogP contribution in [0.2, 0.25) is 0 Å². The predicted molar refractivity (Wildman–Crippen MR) is 78.3 cm³/mol. The van der Waals surface area contributed by atoms with Crippen molar-refractivity contribution in [3.8, 4) is 11.1 Å². The molecule has 0 radical (unpaired) electrons. The molecule has 2 aromatic rings. The Bertz CT molecular complexity index is 966. The minimum atomic E-state index is -0.624. The van der Waals surface area contributed by atoms with Crippen LogP contribution in [0.3, 0.4) is 0 Å². The van der Waals surface area contributed by atoms with E-state index in [2.05, 4.69) is 30.4 Å². The highest BCUT2D eigenvalue weighted by Crippen LogP contribution is 2.41.